The summed E-state index contributed by atoms with van der Waals surface area (Å²) in [5.41, 5.74) is 15.8. The smallest absolute Gasteiger partial charge is 0.133 e. The van der Waals surface area contributed by atoms with Crippen LogP contribution < -0.4 is 10.6 Å². The molecule has 0 radical (unpaired) electrons. The quantitative estimate of drug-likeness (QED) is 0.227. The Morgan fingerprint density at radius 2 is 1.72 bits per heavy atom. The number of likely N-dealkylation sites (tertiary alicyclic amines) is 1. The molecule has 0 spiro atoms. The van der Waals surface area contributed by atoms with Crippen LogP contribution in [0.3, 0.4) is 0 Å². The van der Waals surface area contributed by atoms with Crippen molar-refractivity contribution >= 4 is 17.6 Å². The SMILES string of the molecule is C=C(C)N1CCC1CC.C=C(C1CCCCC1)N(CC12CCC(c3ccc(CC)c(C)c3)(CC1)CC2)c1cc(/C(C=NC(C)C)=C/N)ccn1. The molecule has 2 N–H and O–H groups in total. The van der Waals surface area contributed by atoms with E-state index in [1.807, 2.05) is 12.4 Å². The molecular weight excluding hydrogens is 611 g/mol. The van der Waals surface area contributed by atoms with Gasteiger partial charge in [0.2, 0.25) is 0 Å². The first kappa shape index (κ1) is 37.9. The first-order valence-electron chi connectivity index (χ1n) is 19.9. The van der Waals surface area contributed by atoms with Crippen molar-refractivity contribution in [3.63, 3.8) is 0 Å². The Kier molecular flexibility index (Phi) is 12.7. The van der Waals surface area contributed by atoms with Gasteiger partial charge in [-0.25, -0.2) is 4.98 Å². The van der Waals surface area contributed by atoms with Gasteiger partial charge in [0.05, 0.1) is 0 Å². The van der Waals surface area contributed by atoms with E-state index in [9.17, 15) is 0 Å². The molecule has 1 unspecified atom stereocenters. The molecule has 2 bridgehead atoms. The Labute approximate surface area is 305 Å². The third kappa shape index (κ3) is 8.57. The molecule has 2 heterocycles. The fourth-order valence-electron chi connectivity index (χ4n) is 9.23. The lowest BCUT2D eigenvalue weighted by molar-refractivity contribution is 0.0459. The number of allylic oxidation sites excluding steroid dienone is 3. The highest BCUT2D eigenvalue weighted by molar-refractivity contribution is 6.09. The first-order chi connectivity index (χ1) is 24.0. The predicted molar refractivity (Wildman–Crippen MR) is 216 cm³/mol. The van der Waals surface area contributed by atoms with E-state index in [1.165, 1.54) is 113 Å². The normalized spacial score (nSPS) is 25.3. The van der Waals surface area contributed by atoms with Crippen LogP contribution in [0.2, 0.25) is 0 Å². The number of aliphatic imine (C=N–C) groups is 1. The Morgan fingerprint density at radius 1 is 1.02 bits per heavy atom. The highest BCUT2D eigenvalue weighted by atomic mass is 15.2. The molecule has 5 heteroatoms. The molecular formula is C45H67N5. The summed E-state index contributed by atoms with van der Waals surface area (Å²) in [5.74, 6) is 1.56. The third-order valence-corrected chi connectivity index (χ3v) is 12.8. The number of hydrogen-bond donors (Lipinski definition) is 1. The van der Waals surface area contributed by atoms with Gasteiger partial charge in [-0.1, -0.05) is 64.5 Å². The molecule has 272 valence electrons. The van der Waals surface area contributed by atoms with Gasteiger partial charge in [-0.3, -0.25) is 4.99 Å². The van der Waals surface area contributed by atoms with Crippen LogP contribution in [-0.2, 0) is 11.8 Å². The maximum absolute atomic E-state index is 6.07. The summed E-state index contributed by atoms with van der Waals surface area (Å²) in [5, 5.41) is 0. The molecule has 1 aromatic heterocycles. The highest BCUT2D eigenvalue weighted by Gasteiger charge is 2.50. The molecule has 1 atom stereocenters. The fraction of sp³-hybridized carbons (Fsp3) is 0.600. The summed E-state index contributed by atoms with van der Waals surface area (Å²) in [7, 11) is 0. The van der Waals surface area contributed by atoms with Crippen molar-refractivity contribution in [3.05, 3.63) is 89.5 Å². The molecule has 2 aromatic rings. The molecule has 4 saturated carbocycles. The Bertz CT molecular complexity index is 1500. The van der Waals surface area contributed by atoms with Crippen molar-refractivity contribution in [1.29, 1.82) is 0 Å². The molecule has 5 fully saturated rings. The lowest BCUT2D eigenvalue weighted by Gasteiger charge is -2.55. The monoisotopic (exact) mass is 678 g/mol. The van der Waals surface area contributed by atoms with Gasteiger partial charge in [-0.2, -0.15) is 0 Å². The largest absolute Gasteiger partial charge is 0.404 e. The second-order valence-corrected chi connectivity index (χ2v) is 16.4. The van der Waals surface area contributed by atoms with E-state index in [1.54, 1.807) is 11.8 Å². The van der Waals surface area contributed by atoms with Crippen LogP contribution in [0, 0.1) is 18.3 Å². The number of anilines is 1. The van der Waals surface area contributed by atoms with Crippen molar-refractivity contribution < 1.29 is 0 Å². The van der Waals surface area contributed by atoms with Crippen LogP contribution in [0.5, 0.6) is 0 Å². The predicted octanol–water partition coefficient (Wildman–Crippen LogP) is 10.9. The average molecular weight is 678 g/mol. The second kappa shape index (κ2) is 16.8. The van der Waals surface area contributed by atoms with E-state index in [4.69, 9.17) is 17.3 Å². The summed E-state index contributed by atoms with van der Waals surface area (Å²) >= 11 is 0. The van der Waals surface area contributed by atoms with Crippen molar-refractivity contribution in [2.75, 3.05) is 18.0 Å². The lowest BCUT2D eigenvalue weighted by atomic mass is 9.51. The minimum absolute atomic E-state index is 0.228. The molecule has 1 aromatic carbocycles. The van der Waals surface area contributed by atoms with Crippen LogP contribution in [0.15, 0.2) is 72.3 Å². The van der Waals surface area contributed by atoms with Crippen molar-refractivity contribution in [2.45, 2.75) is 149 Å². The van der Waals surface area contributed by atoms with Gasteiger partial charge >= 0.3 is 0 Å². The van der Waals surface area contributed by atoms with Crippen LogP contribution >= 0.6 is 0 Å². The zero-order valence-electron chi connectivity index (χ0n) is 32.4. The summed E-state index contributed by atoms with van der Waals surface area (Å²) in [6.45, 7) is 24.0. The Morgan fingerprint density at radius 3 is 2.24 bits per heavy atom. The van der Waals surface area contributed by atoms with Gasteiger partial charge in [-0.15, -0.1) is 0 Å². The van der Waals surface area contributed by atoms with E-state index < -0.39 is 0 Å². The second-order valence-electron chi connectivity index (χ2n) is 16.4. The lowest BCUT2D eigenvalue weighted by Crippen LogP contribution is -2.49. The van der Waals surface area contributed by atoms with E-state index in [0.717, 1.165) is 36.0 Å². The molecule has 4 aliphatic carbocycles. The van der Waals surface area contributed by atoms with Gasteiger partial charge in [0.25, 0.3) is 0 Å². The number of hydrogen-bond acceptors (Lipinski definition) is 5. The molecule has 7 rings (SSSR count). The number of rotatable bonds is 12. The summed E-state index contributed by atoms with van der Waals surface area (Å²) in [6.07, 6.45) is 23.4. The van der Waals surface area contributed by atoms with E-state index in [0.29, 0.717) is 16.7 Å². The van der Waals surface area contributed by atoms with Crippen LogP contribution in [0.4, 0.5) is 5.82 Å². The molecule has 1 saturated heterocycles. The zero-order valence-corrected chi connectivity index (χ0v) is 32.4. The van der Waals surface area contributed by atoms with E-state index >= 15 is 0 Å². The zero-order chi connectivity index (χ0) is 35.9. The number of fused-ring (bicyclic) bond motifs is 3. The first-order valence-corrected chi connectivity index (χ1v) is 19.9. The Balaban J connectivity index is 0.000000470. The number of aryl methyl sites for hydroxylation is 2. The fourth-order valence-corrected chi connectivity index (χ4v) is 9.23. The van der Waals surface area contributed by atoms with Gasteiger partial charge in [0, 0.05) is 60.8 Å². The molecule has 1 aliphatic heterocycles. The van der Waals surface area contributed by atoms with Crippen LogP contribution in [-0.4, -0.2) is 41.3 Å². The maximum atomic E-state index is 6.07. The van der Waals surface area contributed by atoms with Crippen LogP contribution in [0.25, 0.3) is 5.57 Å². The topological polar surface area (TPSA) is 57.8 Å². The summed E-state index contributed by atoms with van der Waals surface area (Å²) in [4.78, 5) is 14.4. The highest BCUT2D eigenvalue weighted by Crippen LogP contribution is 2.58. The van der Waals surface area contributed by atoms with Gasteiger partial charge < -0.3 is 15.5 Å². The standard InChI is InChI=1S/C37H52N4.C8H15N/c1-6-30-12-13-34(22-28(30)4)37-18-15-36(16-19-37,17-20-37)26-41(29(5)31-10-8-7-9-11-31)35-23-32(14-21-39-35)33(24-38)25-40-27(2)3;1-4-8-5-6-9(8)7(2)3/h12-14,21-25,27,31H,5-11,15-20,26,38H2,1-4H3;8H,2,4-6H2,1,3H3/b33-24+,40-25?;. The van der Waals surface area contributed by atoms with Crippen LogP contribution in [0.1, 0.15) is 140 Å². The summed E-state index contributed by atoms with van der Waals surface area (Å²) < 4.78 is 0. The van der Waals surface area contributed by atoms with Gasteiger partial charge in [-0.05, 0) is 149 Å². The van der Waals surface area contributed by atoms with Gasteiger partial charge in [0.15, 0.2) is 0 Å². The maximum Gasteiger partial charge on any atom is 0.133 e. The van der Waals surface area contributed by atoms with Gasteiger partial charge in [0.1, 0.15) is 5.82 Å². The molecule has 50 heavy (non-hydrogen) atoms. The number of aromatic nitrogens is 1. The van der Waals surface area contributed by atoms with Crippen molar-refractivity contribution in [2.24, 2.45) is 22.1 Å². The molecule has 5 aliphatic rings. The van der Waals surface area contributed by atoms with E-state index in [2.05, 4.69) is 93.2 Å². The minimum Gasteiger partial charge on any atom is -0.404 e. The number of nitrogens with two attached hydrogens (primary N) is 1. The molecule has 5 nitrogen and oxygen atoms in total. The number of nitrogens with zero attached hydrogens (tertiary/aromatic N) is 4. The number of benzene rings is 1. The average Bonchev–Trinajstić information content (AvgIpc) is 3.11. The van der Waals surface area contributed by atoms with E-state index in [-0.39, 0.29) is 6.04 Å². The minimum atomic E-state index is 0.228. The third-order valence-electron chi connectivity index (χ3n) is 12.8. The van der Waals surface area contributed by atoms with Crippen molar-refractivity contribution in [3.8, 4) is 0 Å². The Hall–Kier alpha value is -3.34. The molecule has 0 amide bonds. The number of pyridine rings is 1. The van der Waals surface area contributed by atoms with Crippen molar-refractivity contribution in [1.82, 2.24) is 9.88 Å². The summed E-state index contributed by atoms with van der Waals surface area (Å²) in [6, 6.07) is 12.6.